The van der Waals surface area contributed by atoms with Gasteiger partial charge in [-0.05, 0) is 41.4 Å². The van der Waals surface area contributed by atoms with Crippen molar-refractivity contribution in [2.24, 2.45) is 5.73 Å². The molecule has 0 atom stereocenters. The molecule has 2 aromatic rings. The van der Waals surface area contributed by atoms with E-state index in [0.29, 0.717) is 12.6 Å². The normalized spacial score (nSPS) is 11.2. The van der Waals surface area contributed by atoms with Gasteiger partial charge in [0.05, 0.1) is 6.54 Å². The predicted octanol–water partition coefficient (Wildman–Crippen LogP) is 2.77. The van der Waals surface area contributed by atoms with E-state index < -0.39 is 0 Å². The summed E-state index contributed by atoms with van der Waals surface area (Å²) in [6.07, 6.45) is 3.63. The quantitative estimate of drug-likeness (QED) is 0.846. The summed E-state index contributed by atoms with van der Waals surface area (Å²) in [6.45, 7) is 4.62. The molecule has 0 spiro atoms. The van der Waals surface area contributed by atoms with Crippen molar-refractivity contribution >= 4 is 27.7 Å². The molecule has 2 rings (SSSR count). The molecule has 2 heterocycles. The molecule has 102 valence electrons. The number of nitrogens with zero attached hydrogens (tertiary/aromatic N) is 4. The molecular formula is C12H16BrN5S. The fraction of sp³-hybridized carbons (Fsp3) is 0.417. The van der Waals surface area contributed by atoms with E-state index in [-0.39, 0.29) is 0 Å². The Morgan fingerprint density at radius 1 is 1.37 bits per heavy atom. The molecular weight excluding hydrogens is 326 g/mol. The summed E-state index contributed by atoms with van der Waals surface area (Å²) in [6, 6.07) is 2.36. The maximum atomic E-state index is 5.68. The molecule has 2 aromatic heterocycles. The molecule has 0 aliphatic rings. The number of halogens is 1. The first-order valence-electron chi connectivity index (χ1n) is 5.98. The Balaban J connectivity index is 2.13. The van der Waals surface area contributed by atoms with E-state index in [2.05, 4.69) is 55.6 Å². The van der Waals surface area contributed by atoms with Crippen molar-refractivity contribution in [3.8, 4) is 0 Å². The van der Waals surface area contributed by atoms with Gasteiger partial charge in [-0.1, -0.05) is 11.8 Å². The summed E-state index contributed by atoms with van der Waals surface area (Å²) in [7, 11) is 0. The summed E-state index contributed by atoms with van der Waals surface area (Å²) in [5.41, 5.74) is 6.83. The van der Waals surface area contributed by atoms with Crippen LogP contribution in [0.15, 0.2) is 28.1 Å². The Kier molecular flexibility index (Phi) is 4.95. The van der Waals surface area contributed by atoms with E-state index in [9.17, 15) is 0 Å². The van der Waals surface area contributed by atoms with E-state index >= 15 is 0 Å². The lowest BCUT2D eigenvalue weighted by molar-refractivity contribution is 0.526. The molecule has 0 aliphatic heterocycles. The van der Waals surface area contributed by atoms with Crippen LogP contribution in [0.5, 0.6) is 0 Å². The van der Waals surface area contributed by atoms with Crippen molar-refractivity contribution in [1.29, 1.82) is 0 Å². The van der Waals surface area contributed by atoms with E-state index in [1.54, 1.807) is 18.0 Å². The van der Waals surface area contributed by atoms with Gasteiger partial charge in [-0.2, -0.15) is 0 Å². The maximum Gasteiger partial charge on any atom is 0.191 e. The summed E-state index contributed by atoms with van der Waals surface area (Å²) < 4.78 is 3.06. The fourth-order valence-electron chi connectivity index (χ4n) is 1.75. The van der Waals surface area contributed by atoms with Crippen molar-refractivity contribution in [1.82, 2.24) is 19.7 Å². The Morgan fingerprint density at radius 2 is 2.16 bits per heavy atom. The van der Waals surface area contributed by atoms with Crippen LogP contribution in [0.2, 0.25) is 0 Å². The zero-order chi connectivity index (χ0) is 13.8. The highest BCUT2D eigenvalue weighted by Gasteiger charge is 2.14. The largest absolute Gasteiger partial charge is 0.324 e. The molecule has 0 unspecified atom stereocenters. The van der Waals surface area contributed by atoms with Crippen molar-refractivity contribution in [3.63, 3.8) is 0 Å². The van der Waals surface area contributed by atoms with E-state index in [0.717, 1.165) is 26.8 Å². The standard InChI is InChI=1S/C12H16BrN5S/c1-8(2)18-11(4-14)16-17-12(18)19-7-9-3-10(13)6-15-5-9/h3,5-6,8H,4,7,14H2,1-2H3. The number of hydrogen-bond donors (Lipinski definition) is 1. The molecule has 7 heteroatoms. The Morgan fingerprint density at radius 3 is 2.79 bits per heavy atom. The molecule has 19 heavy (non-hydrogen) atoms. The highest BCUT2D eigenvalue weighted by Crippen LogP contribution is 2.25. The summed E-state index contributed by atoms with van der Waals surface area (Å²) >= 11 is 5.07. The maximum absolute atomic E-state index is 5.68. The summed E-state index contributed by atoms with van der Waals surface area (Å²) in [4.78, 5) is 4.15. The van der Waals surface area contributed by atoms with Gasteiger partial charge in [0.15, 0.2) is 5.16 Å². The van der Waals surface area contributed by atoms with Crippen LogP contribution < -0.4 is 5.73 Å². The Labute approximate surface area is 125 Å². The minimum absolute atomic E-state index is 0.302. The van der Waals surface area contributed by atoms with Gasteiger partial charge in [0.2, 0.25) is 0 Å². The number of hydrogen-bond acceptors (Lipinski definition) is 5. The number of pyridine rings is 1. The van der Waals surface area contributed by atoms with Gasteiger partial charge in [0.1, 0.15) is 5.82 Å². The average Bonchev–Trinajstić information content (AvgIpc) is 2.79. The minimum Gasteiger partial charge on any atom is -0.324 e. The first-order chi connectivity index (χ1) is 9.11. The monoisotopic (exact) mass is 341 g/mol. The van der Waals surface area contributed by atoms with Gasteiger partial charge < -0.3 is 10.3 Å². The SMILES string of the molecule is CC(C)n1c(CN)nnc1SCc1cncc(Br)c1. The second-order valence-corrected chi connectivity index (χ2v) is 6.22. The van der Waals surface area contributed by atoms with Crippen LogP contribution in [0.25, 0.3) is 0 Å². The summed E-state index contributed by atoms with van der Waals surface area (Å²) in [5.74, 6) is 1.63. The molecule has 2 N–H and O–H groups in total. The molecule has 0 amide bonds. The highest BCUT2D eigenvalue weighted by atomic mass is 79.9. The topological polar surface area (TPSA) is 69.6 Å². The molecule has 0 saturated heterocycles. The van der Waals surface area contributed by atoms with Crippen LogP contribution in [-0.2, 0) is 12.3 Å². The third kappa shape index (κ3) is 3.55. The van der Waals surface area contributed by atoms with Gasteiger partial charge in [-0.25, -0.2) is 0 Å². The van der Waals surface area contributed by atoms with E-state index in [1.165, 1.54) is 0 Å². The fourth-order valence-corrected chi connectivity index (χ4v) is 3.17. The van der Waals surface area contributed by atoms with Crippen LogP contribution in [-0.4, -0.2) is 19.7 Å². The Hall–Kier alpha value is -0.920. The minimum atomic E-state index is 0.302. The van der Waals surface area contributed by atoms with Gasteiger partial charge in [0.25, 0.3) is 0 Å². The van der Waals surface area contributed by atoms with Crippen molar-refractivity contribution in [3.05, 3.63) is 34.3 Å². The highest BCUT2D eigenvalue weighted by molar-refractivity contribution is 9.10. The molecule has 5 nitrogen and oxygen atoms in total. The first kappa shape index (κ1) is 14.5. The van der Waals surface area contributed by atoms with Crippen molar-refractivity contribution in [2.45, 2.75) is 37.3 Å². The lowest BCUT2D eigenvalue weighted by Gasteiger charge is -2.12. The molecule has 0 fully saturated rings. The molecule has 0 saturated carbocycles. The van der Waals surface area contributed by atoms with Gasteiger partial charge in [-0.3, -0.25) is 4.98 Å². The Bertz CT molecular complexity index is 555. The van der Waals surface area contributed by atoms with Crippen LogP contribution in [0.1, 0.15) is 31.3 Å². The van der Waals surface area contributed by atoms with Crippen LogP contribution in [0, 0.1) is 0 Å². The lowest BCUT2D eigenvalue weighted by atomic mass is 10.3. The zero-order valence-electron chi connectivity index (χ0n) is 10.9. The second kappa shape index (κ2) is 6.49. The molecule has 0 radical (unpaired) electrons. The number of rotatable bonds is 5. The predicted molar refractivity (Wildman–Crippen MR) is 79.8 cm³/mol. The molecule has 0 bridgehead atoms. The third-order valence-electron chi connectivity index (χ3n) is 2.56. The zero-order valence-corrected chi connectivity index (χ0v) is 13.3. The van der Waals surface area contributed by atoms with Crippen LogP contribution >= 0.6 is 27.7 Å². The van der Waals surface area contributed by atoms with Crippen LogP contribution in [0.4, 0.5) is 0 Å². The number of aromatic nitrogens is 4. The van der Waals surface area contributed by atoms with Gasteiger partial charge in [0, 0.05) is 28.7 Å². The lowest BCUT2D eigenvalue weighted by Crippen LogP contribution is -2.11. The van der Waals surface area contributed by atoms with Crippen LogP contribution in [0.3, 0.4) is 0 Å². The smallest absolute Gasteiger partial charge is 0.191 e. The number of nitrogens with two attached hydrogens (primary N) is 1. The van der Waals surface area contributed by atoms with Gasteiger partial charge in [-0.15, -0.1) is 10.2 Å². The van der Waals surface area contributed by atoms with Gasteiger partial charge >= 0.3 is 0 Å². The molecule has 0 aliphatic carbocycles. The average molecular weight is 342 g/mol. The third-order valence-corrected chi connectivity index (χ3v) is 4.01. The molecule has 0 aromatic carbocycles. The van der Waals surface area contributed by atoms with E-state index in [1.807, 2.05) is 6.20 Å². The number of thioether (sulfide) groups is 1. The van der Waals surface area contributed by atoms with Crippen molar-refractivity contribution in [2.75, 3.05) is 0 Å². The second-order valence-electron chi connectivity index (χ2n) is 4.37. The van der Waals surface area contributed by atoms with E-state index in [4.69, 9.17) is 5.73 Å². The van der Waals surface area contributed by atoms with Crippen molar-refractivity contribution < 1.29 is 0 Å². The first-order valence-corrected chi connectivity index (χ1v) is 7.75. The summed E-state index contributed by atoms with van der Waals surface area (Å²) in [5, 5.41) is 9.24.